The van der Waals surface area contributed by atoms with Gasteiger partial charge in [-0.25, -0.2) is 0 Å². The summed E-state index contributed by atoms with van der Waals surface area (Å²) in [5.41, 5.74) is 5.45. The molecule has 1 aromatic carbocycles. The molecule has 0 saturated carbocycles. The van der Waals surface area contributed by atoms with Crippen molar-refractivity contribution < 1.29 is 0 Å². The van der Waals surface area contributed by atoms with E-state index >= 15 is 0 Å². The topological polar surface area (TPSA) is 30.5 Å². The van der Waals surface area contributed by atoms with Crippen LogP contribution in [0.3, 0.4) is 0 Å². The van der Waals surface area contributed by atoms with Crippen molar-refractivity contribution in [2.24, 2.45) is 0 Å². The zero-order valence-electron chi connectivity index (χ0n) is 17.6. The molecule has 2 unspecified atom stereocenters. The highest BCUT2D eigenvalue weighted by Gasteiger charge is 2.31. The summed E-state index contributed by atoms with van der Waals surface area (Å²) in [7, 11) is 0. The fourth-order valence-electron chi connectivity index (χ4n) is 5.05. The third-order valence-electron chi connectivity index (χ3n) is 6.62. The van der Waals surface area contributed by atoms with Crippen LogP contribution < -0.4 is 15.5 Å². The number of nitrogens with one attached hydrogen (secondary N) is 2. The van der Waals surface area contributed by atoms with Gasteiger partial charge in [0.1, 0.15) is 0 Å². The fraction of sp³-hybridized carbons (Fsp3) is 0.500. The van der Waals surface area contributed by atoms with Gasteiger partial charge in [0.2, 0.25) is 0 Å². The van der Waals surface area contributed by atoms with Crippen molar-refractivity contribution >= 4 is 28.4 Å². The van der Waals surface area contributed by atoms with E-state index in [1.54, 1.807) is 0 Å². The lowest BCUT2D eigenvalue weighted by atomic mass is 10.00. The summed E-state index contributed by atoms with van der Waals surface area (Å²) in [6, 6.07) is 12.5. The SMILES string of the molecule is CCC1CCCN1C1=CC(c2ccc(N3CCNCC3)cc2)Nc2cc(C)sc21. The van der Waals surface area contributed by atoms with E-state index in [2.05, 4.69) is 70.7 Å². The van der Waals surface area contributed by atoms with E-state index in [1.807, 2.05) is 11.3 Å². The van der Waals surface area contributed by atoms with Gasteiger partial charge in [-0.3, -0.25) is 0 Å². The lowest BCUT2D eigenvalue weighted by Crippen LogP contribution is -2.43. The molecule has 5 heteroatoms. The van der Waals surface area contributed by atoms with Gasteiger partial charge in [-0.2, -0.15) is 0 Å². The molecule has 2 atom stereocenters. The van der Waals surface area contributed by atoms with Crippen molar-refractivity contribution in [2.75, 3.05) is 42.9 Å². The van der Waals surface area contributed by atoms with Gasteiger partial charge < -0.3 is 20.4 Å². The van der Waals surface area contributed by atoms with Crippen LogP contribution in [0.2, 0.25) is 0 Å². The summed E-state index contributed by atoms with van der Waals surface area (Å²) < 4.78 is 0. The second-order valence-electron chi connectivity index (χ2n) is 8.50. The average Bonchev–Trinajstić information content (AvgIpc) is 3.39. The third kappa shape index (κ3) is 3.66. The highest BCUT2D eigenvalue weighted by Crippen LogP contribution is 2.44. The quantitative estimate of drug-likeness (QED) is 0.757. The Labute approximate surface area is 178 Å². The van der Waals surface area contributed by atoms with Crippen LogP contribution in [0.4, 0.5) is 11.4 Å². The zero-order chi connectivity index (χ0) is 19.8. The van der Waals surface area contributed by atoms with Gasteiger partial charge in [-0.15, -0.1) is 11.3 Å². The van der Waals surface area contributed by atoms with Gasteiger partial charge in [0.25, 0.3) is 0 Å². The van der Waals surface area contributed by atoms with Crippen molar-refractivity contribution in [1.29, 1.82) is 0 Å². The van der Waals surface area contributed by atoms with Crippen LogP contribution in [0.1, 0.15) is 47.5 Å². The number of fused-ring (bicyclic) bond motifs is 1. The lowest BCUT2D eigenvalue weighted by molar-refractivity contribution is 0.359. The van der Waals surface area contributed by atoms with Gasteiger partial charge in [0, 0.05) is 49.3 Å². The smallest absolute Gasteiger partial charge is 0.0736 e. The Kier molecular flexibility index (Phi) is 5.27. The van der Waals surface area contributed by atoms with Crippen LogP contribution in [0.5, 0.6) is 0 Å². The normalized spacial score (nSPS) is 24.3. The van der Waals surface area contributed by atoms with Crippen molar-refractivity contribution in [3.05, 3.63) is 51.7 Å². The molecule has 0 spiro atoms. The maximum Gasteiger partial charge on any atom is 0.0736 e. The molecule has 4 heterocycles. The molecule has 4 nitrogen and oxygen atoms in total. The molecule has 3 aliphatic rings. The molecule has 2 aromatic rings. The van der Waals surface area contributed by atoms with Crippen LogP contribution in [-0.2, 0) is 0 Å². The van der Waals surface area contributed by atoms with E-state index in [-0.39, 0.29) is 6.04 Å². The first-order valence-electron chi connectivity index (χ1n) is 11.1. The fourth-order valence-corrected chi connectivity index (χ4v) is 6.07. The molecule has 29 heavy (non-hydrogen) atoms. The van der Waals surface area contributed by atoms with E-state index in [4.69, 9.17) is 0 Å². The van der Waals surface area contributed by atoms with E-state index in [9.17, 15) is 0 Å². The van der Waals surface area contributed by atoms with Gasteiger partial charge in [0.05, 0.1) is 22.3 Å². The Morgan fingerprint density at radius 3 is 2.66 bits per heavy atom. The van der Waals surface area contributed by atoms with Crippen molar-refractivity contribution in [3.63, 3.8) is 0 Å². The molecule has 0 bridgehead atoms. The molecule has 2 fully saturated rings. The van der Waals surface area contributed by atoms with Crippen molar-refractivity contribution in [1.82, 2.24) is 10.2 Å². The number of hydrogen-bond acceptors (Lipinski definition) is 5. The Balaban J connectivity index is 1.44. The van der Waals surface area contributed by atoms with Crippen LogP contribution in [-0.4, -0.2) is 43.7 Å². The second kappa shape index (κ2) is 8.04. The molecule has 3 aliphatic heterocycles. The van der Waals surface area contributed by atoms with Gasteiger partial charge in [0.15, 0.2) is 0 Å². The van der Waals surface area contributed by atoms with Gasteiger partial charge in [-0.1, -0.05) is 19.1 Å². The maximum absolute atomic E-state index is 3.80. The molecule has 0 radical (unpaired) electrons. The summed E-state index contributed by atoms with van der Waals surface area (Å²) in [4.78, 5) is 7.97. The molecule has 0 amide bonds. The molecular weight excluding hydrogens is 376 g/mol. The number of hydrogen-bond donors (Lipinski definition) is 2. The number of piperazine rings is 1. The number of nitrogens with zero attached hydrogens (tertiary/aromatic N) is 2. The molecular formula is C24H32N4S. The number of rotatable bonds is 4. The number of thiophene rings is 1. The maximum atomic E-state index is 3.80. The molecule has 154 valence electrons. The first-order chi connectivity index (χ1) is 14.2. The van der Waals surface area contributed by atoms with Crippen molar-refractivity contribution in [2.45, 2.75) is 45.2 Å². The Hall–Kier alpha value is -1.98. The molecule has 5 rings (SSSR count). The highest BCUT2D eigenvalue weighted by molar-refractivity contribution is 7.13. The predicted octanol–water partition coefficient (Wildman–Crippen LogP) is 4.85. The number of anilines is 2. The largest absolute Gasteiger partial charge is 0.373 e. The van der Waals surface area contributed by atoms with E-state index < -0.39 is 0 Å². The van der Waals surface area contributed by atoms with Crippen LogP contribution in [0, 0.1) is 6.92 Å². The van der Waals surface area contributed by atoms with Crippen molar-refractivity contribution in [3.8, 4) is 0 Å². The third-order valence-corrected chi connectivity index (χ3v) is 7.69. The van der Waals surface area contributed by atoms with Gasteiger partial charge in [-0.05, 0) is 56.0 Å². The number of likely N-dealkylation sites (tertiary alicyclic amines) is 1. The van der Waals surface area contributed by atoms with Crippen LogP contribution in [0.15, 0.2) is 36.4 Å². The second-order valence-corrected chi connectivity index (χ2v) is 9.76. The molecule has 0 aliphatic carbocycles. The van der Waals surface area contributed by atoms with E-state index in [1.165, 1.54) is 58.2 Å². The monoisotopic (exact) mass is 408 g/mol. The molecule has 2 N–H and O–H groups in total. The Bertz CT molecular complexity index is 879. The summed E-state index contributed by atoms with van der Waals surface area (Å²) in [5.74, 6) is 0. The lowest BCUT2D eigenvalue weighted by Gasteiger charge is -2.34. The number of benzene rings is 1. The Morgan fingerprint density at radius 2 is 1.90 bits per heavy atom. The minimum atomic E-state index is 0.238. The standard InChI is InChI=1S/C24H32N4S/c1-3-19-5-4-12-28(19)23-16-21(26-22-15-17(2)29-24(22)23)18-6-8-20(9-7-18)27-13-10-25-11-14-27/h6-9,15-16,19,21,25-26H,3-5,10-14H2,1-2H3. The van der Waals surface area contributed by atoms with Crippen LogP contribution in [0.25, 0.3) is 5.70 Å². The van der Waals surface area contributed by atoms with E-state index in [0.717, 1.165) is 26.2 Å². The summed E-state index contributed by atoms with van der Waals surface area (Å²) in [5, 5.41) is 7.24. The number of aryl methyl sites for hydroxylation is 1. The van der Waals surface area contributed by atoms with Gasteiger partial charge >= 0.3 is 0 Å². The minimum Gasteiger partial charge on any atom is -0.373 e. The molecule has 1 aromatic heterocycles. The molecule has 2 saturated heterocycles. The first-order valence-corrected chi connectivity index (χ1v) is 12.0. The van der Waals surface area contributed by atoms with Crippen LogP contribution >= 0.6 is 11.3 Å². The average molecular weight is 409 g/mol. The highest BCUT2D eigenvalue weighted by atomic mass is 32.1. The summed E-state index contributed by atoms with van der Waals surface area (Å²) in [6.45, 7) is 10.1. The minimum absolute atomic E-state index is 0.238. The first kappa shape index (κ1) is 19.0. The zero-order valence-corrected chi connectivity index (χ0v) is 18.4. The van der Waals surface area contributed by atoms with E-state index in [0.29, 0.717) is 6.04 Å². The summed E-state index contributed by atoms with van der Waals surface area (Å²) in [6.07, 6.45) is 6.35. The summed E-state index contributed by atoms with van der Waals surface area (Å²) >= 11 is 1.93. The predicted molar refractivity (Wildman–Crippen MR) is 125 cm³/mol. The Morgan fingerprint density at radius 1 is 1.10 bits per heavy atom.